The quantitative estimate of drug-likeness (QED) is 0.903. The van der Waals surface area contributed by atoms with Crippen molar-refractivity contribution in [3.63, 3.8) is 0 Å². The molecule has 3 heterocycles. The van der Waals surface area contributed by atoms with Gasteiger partial charge < -0.3 is 14.6 Å². The molecule has 1 fully saturated rings. The zero-order valence-electron chi connectivity index (χ0n) is 12.3. The molecule has 1 aliphatic heterocycles. The van der Waals surface area contributed by atoms with Gasteiger partial charge in [-0.1, -0.05) is 0 Å². The van der Waals surface area contributed by atoms with Crippen molar-refractivity contribution in [3.05, 3.63) is 29.7 Å². The molecule has 0 aromatic carbocycles. The summed E-state index contributed by atoms with van der Waals surface area (Å²) in [4.78, 5) is 14.4. The van der Waals surface area contributed by atoms with Crippen LogP contribution in [-0.4, -0.2) is 47.2 Å². The molecule has 2 aromatic rings. The van der Waals surface area contributed by atoms with E-state index in [0.717, 1.165) is 37.4 Å². The molecule has 1 amide bonds. The number of aromatic amines is 1. The number of carbonyl (C=O) groups excluding carboxylic acids is 1. The highest BCUT2D eigenvalue weighted by Gasteiger charge is 2.25. The molecule has 0 saturated carbocycles. The number of rotatable bonds is 3. The highest BCUT2D eigenvalue weighted by atomic mass is 16.3. The molecule has 0 bridgehead atoms. The first-order valence-electron chi connectivity index (χ1n) is 7.26. The van der Waals surface area contributed by atoms with Crippen LogP contribution in [0.15, 0.2) is 22.6 Å². The molecule has 6 nitrogen and oxygen atoms in total. The maximum Gasteiger partial charge on any atom is 0.274 e. The molecule has 1 aliphatic rings. The Bertz CT molecular complexity index is 631. The van der Waals surface area contributed by atoms with Gasteiger partial charge in [-0.05, 0) is 38.9 Å². The molecule has 0 radical (unpaired) electrons. The molecule has 1 unspecified atom stereocenters. The molecule has 21 heavy (non-hydrogen) atoms. The Balaban J connectivity index is 1.75. The lowest BCUT2D eigenvalue weighted by Crippen LogP contribution is -2.47. The van der Waals surface area contributed by atoms with Crippen LogP contribution >= 0.6 is 0 Å². The highest BCUT2D eigenvalue weighted by molar-refractivity contribution is 5.93. The molecule has 0 spiro atoms. The summed E-state index contributed by atoms with van der Waals surface area (Å²) in [5.74, 6) is 1.51. The number of hydrogen-bond acceptors (Lipinski definition) is 4. The number of amides is 1. The fourth-order valence-corrected chi connectivity index (χ4v) is 2.70. The van der Waals surface area contributed by atoms with Crippen LogP contribution in [0.3, 0.4) is 0 Å². The average molecular weight is 288 g/mol. The van der Waals surface area contributed by atoms with Gasteiger partial charge >= 0.3 is 0 Å². The van der Waals surface area contributed by atoms with E-state index in [0.29, 0.717) is 17.5 Å². The normalized spacial score (nSPS) is 19.0. The number of likely N-dealkylation sites (N-methyl/N-ethyl adjacent to an activating group) is 1. The summed E-state index contributed by atoms with van der Waals surface area (Å²) in [5, 5.41) is 10.2. The third kappa shape index (κ3) is 2.85. The van der Waals surface area contributed by atoms with E-state index in [9.17, 15) is 4.79 Å². The van der Waals surface area contributed by atoms with Gasteiger partial charge in [-0.3, -0.25) is 9.89 Å². The Morgan fingerprint density at radius 1 is 1.52 bits per heavy atom. The first-order chi connectivity index (χ1) is 10.2. The van der Waals surface area contributed by atoms with Crippen LogP contribution in [0.1, 0.15) is 29.1 Å². The van der Waals surface area contributed by atoms with Crippen molar-refractivity contribution in [1.82, 2.24) is 20.4 Å². The molecule has 2 aromatic heterocycles. The smallest absolute Gasteiger partial charge is 0.274 e. The summed E-state index contributed by atoms with van der Waals surface area (Å²) in [6, 6.07) is 5.88. The van der Waals surface area contributed by atoms with E-state index >= 15 is 0 Å². The third-order valence-corrected chi connectivity index (χ3v) is 3.92. The minimum absolute atomic E-state index is 0.0271. The Morgan fingerprint density at radius 3 is 3.10 bits per heavy atom. The van der Waals surface area contributed by atoms with Crippen molar-refractivity contribution in [1.29, 1.82) is 0 Å². The monoisotopic (exact) mass is 288 g/mol. The summed E-state index contributed by atoms with van der Waals surface area (Å²) in [6.45, 7) is 3.41. The minimum atomic E-state index is -0.0271. The van der Waals surface area contributed by atoms with Crippen LogP contribution in [0.25, 0.3) is 11.5 Å². The van der Waals surface area contributed by atoms with Gasteiger partial charge in [-0.25, -0.2) is 0 Å². The lowest BCUT2D eigenvalue weighted by Gasteiger charge is -2.32. The van der Waals surface area contributed by atoms with Crippen molar-refractivity contribution in [2.75, 3.05) is 20.1 Å². The molecular weight excluding hydrogens is 268 g/mol. The number of H-pyrrole nitrogens is 1. The Hall–Kier alpha value is -2.08. The van der Waals surface area contributed by atoms with Crippen molar-refractivity contribution in [3.8, 4) is 11.5 Å². The lowest BCUT2D eigenvalue weighted by molar-refractivity contribution is 0.0692. The summed E-state index contributed by atoms with van der Waals surface area (Å²) < 4.78 is 5.54. The van der Waals surface area contributed by atoms with Crippen LogP contribution in [0.5, 0.6) is 0 Å². The predicted molar refractivity (Wildman–Crippen MR) is 79.0 cm³/mol. The van der Waals surface area contributed by atoms with E-state index in [2.05, 4.69) is 15.5 Å². The van der Waals surface area contributed by atoms with E-state index < -0.39 is 0 Å². The zero-order valence-corrected chi connectivity index (χ0v) is 12.3. The third-order valence-electron chi connectivity index (χ3n) is 3.92. The second-order valence-corrected chi connectivity index (χ2v) is 5.46. The number of carbonyl (C=O) groups is 1. The van der Waals surface area contributed by atoms with Crippen molar-refractivity contribution in [2.45, 2.75) is 25.8 Å². The highest BCUT2D eigenvalue weighted by Crippen LogP contribution is 2.21. The molecule has 1 saturated heterocycles. The number of likely N-dealkylation sites (tertiary alicyclic amines) is 1. The number of nitrogens with one attached hydrogen (secondary N) is 2. The van der Waals surface area contributed by atoms with Gasteiger partial charge in [0.15, 0.2) is 11.5 Å². The number of aryl methyl sites for hydroxylation is 1. The zero-order chi connectivity index (χ0) is 14.8. The number of furan rings is 1. The van der Waals surface area contributed by atoms with Crippen molar-refractivity contribution in [2.24, 2.45) is 0 Å². The number of piperidine rings is 1. The summed E-state index contributed by atoms with van der Waals surface area (Å²) in [7, 11) is 1.94. The van der Waals surface area contributed by atoms with Gasteiger partial charge in [0.05, 0.1) is 0 Å². The van der Waals surface area contributed by atoms with Crippen LogP contribution in [0.4, 0.5) is 0 Å². The number of aromatic nitrogens is 2. The number of nitrogens with zero attached hydrogens (tertiary/aromatic N) is 2. The van der Waals surface area contributed by atoms with Crippen LogP contribution in [0.2, 0.25) is 0 Å². The Labute approximate surface area is 123 Å². The molecule has 2 N–H and O–H groups in total. The maximum absolute atomic E-state index is 12.5. The molecule has 112 valence electrons. The second-order valence-electron chi connectivity index (χ2n) is 5.46. The average Bonchev–Trinajstić information content (AvgIpc) is 3.15. The maximum atomic E-state index is 12.5. The molecule has 0 aliphatic carbocycles. The molecule has 1 atom stereocenters. The standard InChI is InChI=1S/C15H20N4O2/c1-10-5-6-14(21-10)12-8-13(18-17-12)15(20)19-7-3-4-11(9-19)16-2/h5-6,8,11,16H,3-4,7,9H2,1-2H3,(H,17,18). The summed E-state index contributed by atoms with van der Waals surface area (Å²) >= 11 is 0. The van der Waals surface area contributed by atoms with Gasteiger partial charge in [0.25, 0.3) is 5.91 Å². The van der Waals surface area contributed by atoms with E-state index in [1.807, 2.05) is 31.0 Å². The summed E-state index contributed by atoms with van der Waals surface area (Å²) in [6.07, 6.45) is 2.13. The van der Waals surface area contributed by atoms with Crippen LogP contribution < -0.4 is 5.32 Å². The molecular formula is C15H20N4O2. The van der Waals surface area contributed by atoms with Gasteiger partial charge in [-0.15, -0.1) is 0 Å². The predicted octanol–water partition coefficient (Wildman–Crippen LogP) is 1.80. The summed E-state index contributed by atoms with van der Waals surface area (Å²) in [5.41, 5.74) is 1.17. The van der Waals surface area contributed by atoms with Gasteiger partial charge in [0.1, 0.15) is 11.5 Å². The van der Waals surface area contributed by atoms with Crippen molar-refractivity contribution >= 4 is 5.91 Å². The second kappa shape index (κ2) is 5.73. The first-order valence-corrected chi connectivity index (χ1v) is 7.26. The fraction of sp³-hybridized carbons (Fsp3) is 0.467. The van der Waals surface area contributed by atoms with Gasteiger partial charge in [0, 0.05) is 25.2 Å². The van der Waals surface area contributed by atoms with Gasteiger partial charge in [0.2, 0.25) is 0 Å². The molecule has 6 heteroatoms. The van der Waals surface area contributed by atoms with E-state index in [-0.39, 0.29) is 5.91 Å². The van der Waals surface area contributed by atoms with Gasteiger partial charge in [-0.2, -0.15) is 5.10 Å². The molecule has 3 rings (SSSR count). The largest absolute Gasteiger partial charge is 0.460 e. The Kier molecular flexibility index (Phi) is 3.79. The van der Waals surface area contributed by atoms with E-state index in [1.165, 1.54) is 0 Å². The topological polar surface area (TPSA) is 74.2 Å². The Morgan fingerprint density at radius 2 is 2.38 bits per heavy atom. The number of hydrogen-bond donors (Lipinski definition) is 2. The SMILES string of the molecule is CNC1CCCN(C(=O)c2cc(-c3ccc(C)o3)[nH]n2)C1. The minimum Gasteiger partial charge on any atom is -0.460 e. The van der Waals surface area contributed by atoms with Crippen LogP contribution in [0, 0.1) is 6.92 Å². The lowest BCUT2D eigenvalue weighted by atomic mass is 10.1. The fourth-order valence-electron chi connectivity index (χ4n) is 2.70. The van der Waals surface area contributed by atoms with Crippen LogP contribution in [-0.2, 0) is 0 Å². The van der Waals surface area contributed by atoms with Crippen molar-refractivity contribution < 1.29 is 9.21 Å². The van der Waals surface area contributed by atoms with E-state index in [1.54, 1.807) is 6.07 Å². The first kappa shape index (κ1) is 13.9. The van der Waals surface area contributed by atoms with E-state index in [4.69, 9.17) is 4.42 Å².